The van der Waals surface area contributed by atoms with E-state index in [4.69, 9.17) is 4.74 Å². The first-order chi connectivity index (χ1) is 11.9. The van der Waals surface area contributed by atoms with E-state index in [0.717, 1.165) is 16.7 Å². The van der Waals surface area contributed by atoms with E-state index in [1.807, 2.05) is 38.3 Å². The van der Waals surface area contributed by atoms with Gasteiger partial charge in [-0.1, -0.05) is 23.8 Å². The second-order valence-electron chi connectivity index (χ2n) is 5.84. The van der Waals surface area contributed by atoms with E-state index in [2.05, 4.69) is 5.32 Å². The zero-order chi connectivity index (χ0) is 18.4. The Kier molecular flexibility index (Phi) is 6.47. The maximum absolute atomic E-state index is 12.3. The van der Waals surface area contributed by atoms with E-state index in [1.54, 1.807) is 12.1 Å². The lowest BCUT2D eigenvalue weighted by Gasteiger charge is -2.11. The molecule has 5 nitrogen and oxygen atoms in total. The van der Waals surface area contributed by atoms with Crippen LogP contribution in [0.4, 0.5) is 0 Å². The van der Waals surface area contributed by atoms with Gasteiger partial charge in [0, 0.05) is 12.1 Å². The van der Waals surface area contributed by atoms with Gasteiger partial charge >= 0.3 is 5.97 Å². The summed E-state index contributed by atoms with van der Waals surface area (Å²) >= 11 is 1.33. The summed E-state index contributed by atoms with van der Waals surface area (Å²) in [6.45, 7) is 5.60. The van der Waals surface area contributed by atoms with Gasteiger partial charge in [0.15, 0.2) is 6.61 Å². The molecule has 0 spiro atoms. The summed E-state index contributed by atoms with van der Waals surface area (Å²) in [6.07, 6.45) is 0.0241. The summed E-state index contributed by atoms with van der Waals surface area (Å²) in [4.78, 5) is 36.4. The van der Waals surface area contributed by atoms with Gasteiger partial charge in [0.2, 0.25) is 5.78 Å². The first kappa shape index (κ1) is 18.9. The van der Waals surface area contributed by atoms with E-state index >= 15 is 0 Å². The lowest BCUT2D eigenvalue weighted by atomic mass is 9.97. The summed E-state index contributed by atoms with van der Waals surface area (Å²) in [5, 5.41) is 4.45. The van der Waals surface area contributed by atoms with Crippen LogP contribution in [0.2, 0.25) is 0 Å². The van der Waals surface area contributed by atoms with Crippen molar-refractivity contribution in [1.29, 1.82) is 0 Å². The highest BCUT2D eigenvalue weighted by Crippen LogP contribution is 2.17. The highest BCUT2D eigenvalue weighted by Gasteiger charge is 2.15. The molecule has 0 aliphatic rings. The Morgan fingerprint density at radius 3 is 2.40 bits per heavy atom. The lowest BCUT2D eigenvalue weighted by Crippen LogP contribution is -2.26. The van der Waals surface area contributed by atoms with Gasteiger partial charge < -0.3 is 10.1 Å². The quantitative estimate of drug-likeness (QED) is 0.608. The van der Waals surface area contributed by atoms with Crippen LogP contribution in [0.5, 0.6) is 0 Å². The number of benzene rings is 1. The fourth-order valence-corrected chi connectivity index (χ4v) is 3.32. The van der Waals surface area contributed by atoms with E-state index in [9.17, 15) is 14.4 Å². The monoisotopic (exact) mass is 359 g/mol. The van der Waals surface area contributed by atoms with Gasteiger partial charge in [-0.3, -0.25) is 14.4 Å². The number of ketones is 1. The minimum absolute atomic E-state index is 0.0241. The smallest absolute Gasteiger partial charge is 0.308 e. The van der Waals surface area contributed by atoms with Crippen LogP contribution in [0, 0.1) is 20.8 Å². The molecule has 2 rings (SSSR count). The van der Waals surface area contributed by atoms with Crippen LogP contribution in [-0.2, 0) is 9.53 Å². The van der Waals surface area contributed by atoms with Crippen LogP contribution in [0.3, 0.4) is 0 Å². The Morgan fingerprint density at radius 2 is 1.80 bits per heavy atom. The van der Waals surface area contributed by atoms with Crippen molar-refractivity contribution in [1.82, 2.24) is 5.32 Å². The van der Waals surface area contributed by atoms with Crippen LogP contribution in [0.1, 0.15) is 43.1 Å². The van der Waals surface area contributed by atoms with Crippen molar-refractivity contribution in [3.05, 3.63) is 56.8 Å². The first-order valence-electron chi connectivity index (χ1n) is 7.97. The van der Waals surface area contributed by atoms with Crippen LogP contribution in [0.25, 0.3) is 0 Å². The Balaban J connectivity index is 1.78. The van der Waals surface area contributed by atoms with Gasteiger partial charge in [-0.05, 0) is 43.3 Å². The molecular weight excluding hydrogens is 338 g/mol. The van der Waals surface area contributed by atoms with Gasteiger partial charge in [-0.15, -0.1) is 11.3 Å². The van der Waals surface area contributed by atoms with Crippen molar-refractivity contribution in [3.63, 3.8) is 0 Å². The van der Waals surface area contributed by atoms with Gasteiger partial charge in [-0.25, -0.2) is 0 Å². The third-order valence-electron chi connectivity index (χ3n) is 3.68. The van der Waals surface area contributed by atoms with Crippen molar-refractivity contribution in [2.75, 3.05) is 13.2 Å². The third-order valence-corrected chi connectivity index (χ3v) is 4.55. The number of nitrogens with one attached hydrogen (secondary N) is 1. The molecule has 1 aromatic carbocycles. The van der Waals surface area contributed by atoms with Gasteiger partial charge in [0.05, 0.1) is 11.3 Å². The van der Waals surface area contributed by atoms with Crippen molar-refractivity contribution in [3.8, 4) is 0 Å². The molecule has 0 saturated carbocycles. The molecule has 1 amide bonds. The largest absolute Gasteiger partial charge is 0.457 e. The second kappa shape index (κ2) is 8.58. The maximum Gasteiger partial charge on any atom is 0.308 e. The molecule has 132 valence electrons. The molecule has 2 aromatic rings. The Hall–Kier alpha value is -2.47. The minimum Gasteiger partial charge on any atom is -0.457 e. The average Bonchev–Trinajstić information content (AvgIpc) is 3.06. The summed E-state index contributed by atoms with van der Waals surface area (Å²) in [5.41, 5.74) is 3.44. The fraction of sp³-hybridized carbons (Fsp3) is 0.316. The molecule has 1 N–H and O–H groups in total. The Bertz CT molecular complexity index is 758. The number of hydrogen-bond acceptors (Lipinski definition) is 5. The fourth-order valence-electron chi connectivity index (χ4n) is 2.68. The zero-order valence-corrected chi connectivity index (χ0v) is 15.4. The Morgan fingerprint density at radius 1 is 1.12 bits per heavy atom. The number of rotatable bonds is 7. The molecule has 0 bridgehead atoms. The van der Waals surface area contributed by atoms with E-state index in [-0.39, 0.29) is 31.3 Å². The second-order valence-corrected chi connectivity index (χ2v) is 6.79. The normalized spacial score (nSPS) is 10.4. The first-order valence-corrected chi connectivity index (χ1v) is 8.85. The van der Waals surface area contributed by atoms with E-state index in [1.165, 1.54) is 11.3 Å². The summed E-state index contributed by atoms with van der Waals surface area (Å²) in [5.74, 6) is -0.946. The SMILES string of the molecule is Cc1cc(C)c(C(=O)COC(=O)CCNC(=O)c2cccs2)c(C)c1. The van der Waals surface area contributed by atoms with Gasteiger partial charge in [-0.2, -0.15) is 0 Å². The summed E-state index contributed by atoms with van der Waals surface area (Å²) < 4.78 is 5.03. The van der Waals surface area contributed by atoms with Crippen molar-refractivity contribution in [2.24, 2.45) is 0 Å². The third kappa shape index (κ3) is 5.26. The van der Waals surface area contributed by atoms with Crippen LogP contribution in [0.15, 0.2) is 29.6 Å². The van der Waals surface area contributed by atoms with Crippen molar-refractivity contribution >= 4 is 29.0 Å². The average molecular weight is 359 g/mol. The van der Waals surface area contributed by atoms with Crippen molar-refractivity contribution in [2.45, 2.75) is 27.2 Å². The molecule has 0 saturated heterocycles. The summed E-state index contributed by atoms with van der Waals surface area (Å²) in [6, 6.07) is 7.36. The number of aryl methyl sites for hydroxylation is 3. The molecular formula is C19H21NO4S. The maximum atomic E-state index is 12.3. The number of carbonyl (C=O) groups is 3. The van der Waals surface area contributed by atoms with Gasteiger partial charge in [0.25, 0.3) is 5.91 Å². The molecule has 0 aliphatic carbocycles. The molecule has 1 heterocycles. The molecule has 0 fully saturated rings. The number of Topliss-reactive ketones (excluding diaryl/α,β-unsaturated/α-hetero) is 1. The van der Waals surface area contributed by atoms with Gasteiger partial charge in [0.1, 0.15) is 0 Å². The van der Waals surface area contributed by atoms with E-state index < -0.39 is 5.97 Å². The van der Waals surface area contributed by atoms with Crippen LogP contribution in [-0.4, -0.2) is 30.8 Å². The molecule has 1 aromatic heterocycles. The van der Waals surface area contributed by atoms with Crippen molar-refractivity contribution < 1.29 is 19.1 Å². The molecule has 0 atom stereocenters. The van der Waals surface area contributed by atoms with Crippen LogP contribution < -0.4 is 5.32 Å². The number of esters is 1. The molecule has 6 heteroatoms. The summed E-state index contributed by atoms with van der Waals surface area (Å²) in [7, 11) is 0. The van der Waals surface area contributed by atoms with Crippen LogP contribution >= 0.6 is 11.3 Å². The zero-order valence-electron chi connectivity index (χ0n) is 14.5. The predicted octanol–water partition coefficient (Wildman–Crippen LogP) is 3.22. The standard InChI is InChI=1S/C19H21NO4S/c1-12-9-13(2)18(14(3)10-12)15(21)11-24-17(22)6-7-20-19(23)16-5-4-8-25-16/h4-5,8-10H,6-7,11H2,1-3H3,(H,20,23). The molecule has 0 radical (unpaired) electrons. The number of hydrogen-bond donors (Lipinski definition) is 1. The number of carbonyl (C=O) groups excluding carboxylic acids is 3. The Labute approximate surface area is 151 Å². The highest BCUT2D eigenvalue weighted by atomic mass is 32.1. The van der Waals surface area contributed by atoms with E-state index in [0.29, 0.717) is 10.4 Å². The lowest BCUT2D eigenvalue weighted by molar-refractivity contribution is -0.142. The molecule has 0 aliphatic heterocycles. The predicted molar refractivity (Wildman–Crippen MR) is 97.2 cm³/mol. The molecule has 0 unspecified atom stereocenters. The highest BCUT2D eigenvalue weighted by molar-refractivity contribution is 7.12. The topological polar surface area (TPSA) is 72.5 Å². The molecule has 25 heavy (non-hydrogen) atoms. The number of thiophene rings is 1. The number of ether oxygens (including phenoxy) is 1. The minimum atomic E-state index is -0.512. The number of amides is 1.